The molecule has 1 N–H and O–H groups in total. The van der Waals surface area contributed by atoms with Gasteiger partial charge in [-0.1, -0.05) is 29.3 Å². The predicted octanol–water partition coefficient (Wildman–Crippen LogP) is 4.23. The minimum absolute atomic E-state index is 0.111. The smallest absolute Gasteiger partial charge is 0.239 e. The van der Waals surface area contributed by atoms with Crippen molar-refractivity contribution in [2.45, 2.75) is 18.9 Å². The fourth-order valence-corrected chi connectivity index (χ4v) is 4.00. The quantitative estimate of drug-likeness (QED) is 0.892. The Labute approximate surface area is 143 Å². The van der Waals surface area contributed by atoms with Crippen LogP contribution in [0.3, 0.4) is 0 Å². The van der Waals surface area contributed by atoms with Crippen LogP contribution in [0.25, 0.3) is 0 Å². The molecule has 0 spiro atoms. The second-order valence-corrected chi connectivity index (χ2v) is 7.00. The molecule has 1 saturated heterocycles. The van der Waals surface area contributed by atoms with Gasteiger partial charge in [-0.3, -0.25) is 9.69 Å². The summed E-state index contributed by atoms with van der Waals surface area (Å²) >= 11 is 13.6. The fourth-order valence-electron chi connectivity index (χ4n) is 2.68. The van der Waals surface area contributed by atoms with Gasteiger partial charge in [0.25, 0.3) is 0 Å². The number of nitrogens with zero attached hydrogens (tertiary/aromatic N) is 2. The highest BCUT2D eigenvalue weighted by Crippen LogP contribution is 2.34. The van der Waals surface area contributed by atoms with Gasteiger partial charge in [0, 0.05) is 17.1 Å². The van der Waals surface area contributed by atoms with Crippen LogP contribution in [0.2, 0.25) is 10.0 Å². The van der Waals surface area contributed by atoms with E-state index in [9.17, 15) is 4.79 Å². The number of rotatable bonds is 4. The number of halogens is 2. The first-order chi connectivity index (χ1) is 10.6. The molecule has 0 saturated carbocycles. The van der Waals surface area contributed by atoms with E-state index in [1.54, 1.807) is 17.4 Å². The minimum Gasteiger partial charge on any atom is -0.308 e. The summed E-state index contributed by atoms with van der Waals surface area (Å²) in [5.41, 5.74) is 0. The van der Waals surface area contributed by atoms with Gasteiger partial charge >= 0.3 is 0 Å². The highest BCUT2D eigenvalue weighted by Gasteiger charge is 2.28. The molecule has 3 rings (SSSR count). The van der Waals surface area contributed by atoms with Gasteiger partial charge in [-0.2, -0.15) is 0 Å². The van der Waals surface area contributed by atoms with Crippen LogP contribution in [0.4, 0.5) is 5.82 Å². The van der Waals surface area contributed by atoms with E-state index in [2.05, 4.69) is 26.6 Å². The third-order valence-electron chi connectivity index (χ3n) is 3.65. The Morgan fingerprint density at radius 2 is 2.36 bits per heavy atom. The van der Waals surface area contributed by atoms with Crippen LogP contribution in [0.1, 0.15) is 23.8 Å². The van der Waals surface area contributed by atoms with Gasteiger partial charge in [0.15, 0.2) is 5.82 Å². The molecule has 22 heavy (non-hydrogen) atoms. The molecule has 3 heterocycles. The van der Waals surface area contributed by atoms with Gasteiger partial charge in [-0.05, 0) is 36.9 Å². The summed E-state index contributed by atoms with van der Waals surface area (Å²) in [7, 11) is 0. The third-order valence-corrected chi connectivity index (χ3v) is 5.12. The van der Waals surface area contributed by atoms with Crippen molar-refractivity contribution in [3.63, 3.8) is 0 Å². The van der Waals surface area contributed by atoms with Crippen LogP contribution >= 0.6 is 34.5 Å². The Morgan fingerprint density at radius 3 is 3.09 bits per heavy atom. The highest BCUT2D eigenvalue weighted by molar-refractivity contribution is 7.10. The SMILES string of the molecule is O=C(CN1CCC[C@H]1c1cccs1)Nc1ncc(Cl)cc1Cl. The van der Waals surface area contributed by atoms with Gasteiger partial charge in [-0.15, -0.1) is 11.3 Å². The molecule has 0 radical (unpaired) electrons. The average Bonchev–Trinajstić information content (AvgIpc) is 3.12. The predicted molar refractivity (Wildman–Crippen MR) is 90.8 cm³/mol. The van der Waals surface area contributed by atoms with E-state index in [1.807, 2.05) is 6.07 Å². The molecule has 0 unspecified atom stereocenters. The Bertz CT molecular complexity index is 663. The molecule has 2 aromatic rings. The van der Waals surface area contributed by atoms with Crippen molar-refractivity contribution < 1.29 is 4.79 Å². The molecule has 116 valence electrons. The molecule has 1 fully saturated rings. The van der Waals surface area contributed by atoms with Crippen LogP contribution in [0, 0.1) is 0 Å². The fraction of sp³-hybridized carbons (Fsp3) is 0.333. The maximum Gasteiger partial charge on any atom is 0.239 e. The zero-order valence-corrected chi connectivity index (χ0v) is 14.1. The van der Waals surface area contributed by atoms with E-state index in [1.165, 1.54) is 11.1 Å². The number of hydrogen-bond acceptors (Lipinski definition) is 4. The number of hydrogen-bond donors (Lipinski definition) is 1. The summed E-state index contributed by atoms with van der Waals surface area (Å²) in [6, 6.07) is 6.08. The number of carbonyl (C=O) groups excluding carboxylic acids is 1. The molecule has 0 aliphatic carbocycles. The van der Waals surface area contributed by atoms with Crippen LogP contribution in [-0.2, 0) is 4.79 Å². The van der Waals surface area contributed by atoms with E-state index in [-0.39, 0.29) is 5.91 Å². The van der Waals surface area contributed by atoms with Crippen molar-refractivity contribution in [3.8, 4) is 0 Å². The Morgan fingerprint density at radius 1 is 1.50 bits per heavy atom. The lowest BCUT2D eigenvalue weighted by Gasteiger charge is -2.22. The minimum atomic E-state index is -0.111. The zero-order chi connectivity index (χ0) is 15.5. The first kappa shape index (κ1) is 15.7. The largest absolute Gasteiger partial charge is 0.308 e. The summed E-state index contributed by atoms with van der Waals surface area (Å²) in [5.74, 6) is 0.239. The van der Waals surface area contributed by atoms with Crippen LogP contribution < -0.4 is 5.32 Å². The molecule has 0 aromatic carbocycles. The molecule has 1 aliphatic heterocycles. The second-order valence-electron chi connectivity index (χ2n) is 5.18. The molecule has 4 nitrogen and oxygen atoms in total. The van der Waals surface area contributed by atoms with Gasteiger partial charge in [0.2, 0.25) is 5.91 Å². The summed E-state index contributed by atoms with van der Waals surface area (Å²) in [4.78, 5) is 19.8. The number of nitrogens with one attached hydrogen (secondary N) is 1. The summed E-state index contributed by atoms with van der Waals surface area (Å²) in [5, 5.41) is 5.61. The Hall–Kier alpha value is -1.14. The van der Waals surface area contributed by atoms with Gasteiger partial charge in [0.05, 0.1) is 16.6 Å². The molecule has 1 amide bonds. The lowest BCUT2D eigenvalue weighted by Crippen LogP contribution is -2.32. The number of thiophene rings is 1. The van der Waals surface area contributed by atoms with Gasteiger partial charge in [0.1, 0.15) is 0 Å². The van der Waals surface area contributed by atoms with Gasteiger partial charge in [-0.25, -0.2) is 4.98 Å². The monoisotopic (exact) mass is 355 g/mol. The molecule has 1 atom stereocenters. The summed E-state index contributed by atoms with van der Waals surface area (Å²) < 4.78 is 0. The number of likely N-dealkylation sites (tertiary alicyclic amines) is 1. The molecular formula is C15H15Cl2N3OS. The lowest BCUT2D eigenvalue weighted by atomic mass is 10.2. The van der Waals surface area contributed by atoms with Crippen LogP contribution in [-0.4, -0.2) is 28.9 Å². The molecule has 1 aliphatic rings. The van der Waals surface area contributed by atoms with E-state index in [0.29, 0.717) is 28.4 Å². The number of aromatic nitrogens is 1. The first-order valence-corrected chi connectivity index (χ1v) is 8.65. The van der Waals surface area contributed by atoms with Crippen molar-refractivity contribution in [1.82, 2.24) is 9.88 Å². The number of pyridine rings is 1. The maximum atomic E-state index is 12.2. The van der Waals surface area contributed by atoms with E-state index >= 15 is 0 Å². The average molecular weight is 356 g/mol. The zero-order valence-electron chi connectivity index (χ0n) is 11.8. The van der Waals surface area contributed by atoms with E-state index < -0.39 is 0 Å². The molecular weight excluding hydrogens is 341 g/mol. The van der Waals surface area contributed by atoms with Crippen molar-refractivity contribution in [2.75, 3.05) is 18.4 Å². The van der Waals surface area contributed by atoms with E-state index in [0.717, 1.165) is 19.4 Å². The highest BCUT2D eigenvalue weighted by atomic mass is 35.5. The van der Waals surface area contributed by atoms with Crippen molar-refractivity contribution >= 4 is 46.3 Å². The molecule has 0 bridgehead atoms. The standard InChI is InChI=1S/C15H15Cl2N3OS/c16-10-7-11(17)15(18-8-10)19-14(21)9-20-5-1-3-12(20)13-4-2-6-22-13/h2,4,6-8,12H,1,3,5,9H2,(H,18,19,21)/t12-/m0/s1. The van der Waals surface area contributed by atoms with Crippen molar-refractivity contribution in [3.05, 3.63) is 44.7 Å². The van der Waals surface area contributed by atoms with Crippen molar-refractivity contribution in [1.29, 1.82) is 0 Å². The second kappa shape index (κ2) is 6.96. The maximum absolute atomic E-state index is 12.2. The summed E-state index contributed by atoms with van der Waals surface area (Å²) in [6.07, 6.45) is 3.66. The summed E-state index contributed by atoms with van der Waals surface area (Å²) in [6.45, 7) is 1.26. The van der Waals surface area contributed by atoms with Crippen LogP contribution in [0.5, 0.6) is 0 Å². The number of amides is 1. The molecule has 7 heteroatoms. The Kier molecular flexibility index (Phi) is 4.98. The van der Waals surface area contributed by atoms with E-state index in [4.69, 9.17) is 23.2 Å². The lowest BCUT2D eigenvalue weighted by molar-refractivity contribution is -0.117. The van der Waals surface area contributed by atoms with Gasteiger partial charge < -0.3 is 5.32 Å². The topological polar surface area (TPSA) is 45.2 Å². The van der Waals surface area contributed by atoms with Crippen LogP contribution in [0.15, 0.2) is 29.8 Å². The Balaban J connectivity index is 1.64. The number of carbonyl (C=O) groups is 1. The van der Waals surface area contributed by atoms with Crippen molar-refractivity contribution in [2.24, 2.45) is 0 Å². The normalized spacial score (nSPS) is 18.5. The first-order valence-electron chi connectivity index (χ1n) is 7.02. The third kappa shape index (κ3) is 3.60. The number of anilines is 1. The molecule has 2 aromatic heterocycles.